The highest BCUT2D eigenvalue weighted by Crippen LogP contribution is 2.20. The number of amides is 1. The average Bonchev–Trinajstić information content (AvgIpc) is 2.31. The third-order valence-electron chi connectivity index (χ3n) is 2.73. The molecule has 0 bridgehead atoms. The van der Waals surface area contributed by atoms with Gasteiger partial charge in [-0.3, -0.25) is 4.79 Å². The maximum atomic E-state index is 13.2. The van der Waals surface area contributed by atoms with Gasteiger partial charge in [-0.2, -0.15) is 0 Å². The molecule has 1 amide bonds. The van der Waals surface area contributed by atoms with Crippen LogP contribution in [0.5, 0.6) is 0 Å². The van der Waals surface area contributed by atoms with Crippen molar-refractivity contribution in [2.24, 2.45) is 5.92 Å². The molecule has 0 heterocycles. The summed E-state index contributed by atoms with van der Waals surface area (Å²) in [5.74, 6) is -0.572. The molecule has 1 aromatic rings. The van der Waals surface area contributed by atoms with Crippen LogP contribution in [0.15, 0.2) is 12.1 Å². The van der Waals surface area contributed by atoms with Gasteiger partial charge in [0, 0.05) is 13.2 Å². The van der Waals surface area contributed by atoms with Crippen LogP contribution in [0.1, 0.15) is 29.3 Å². The van der Waals surface area contributed by atoms with Crippen LogP contribution in [0.4, 0.5) is 4.39 Å². The lowest BCUT2D eigenvalue weighted by atomic mass is 10.1. The topological polar surface area (TPSA) is 49.3 Å². The third-order valence-corrected chi connectivity index (χ3v) is 3.04. The van der Waals surface area contributed by atoms with E-state index < -0.39 is 5.82 Å². The summed E-state index contributed by atoms with van der Waals surface area (Å²) in [6.07, 6.45) is 0.621. The molecule has 2 N–H and O–H groups in total. The second-order valence-corrected chi connectivity index (χ2v) is 4.82. The van der Waals surface area contributed by atoms with Crippen molar-refractivity contribution < 1.29 is 14.3 Å². The molecular formula is C13H17ClFNO2. The van der Waals surface area contributed by atoms with Crippen LogP contribution in [-0.4, -0.2) is 24.2 Å². The zero-order valence-electron chi connectivity index (χ0n) is 10.5. The summed E-state index contributed by atoms with van der Waals surface area (Å²) in [7, 11) is 0. The Morgan fingerprint density at radius 2 is 2.22 bits per heavy atom. The van der Waals surface area contributed by atoms with Crippen molar-refractivity contribution in [3.63, 3.8) is 0 Å². The van der Waals surface area contributed by atoms with Crippen molar-refractivity contribution >= 4 is 17.5 Å². The van der Waals surface area contributed by atoms with E-state index >= 15 is 0 Å². The molecule has 0 radical (unpaired) electrons. The highest BCUT2D eigenvalue weighted by Gasteiger charge is 2.13. The van der Waals surface area contributed by atoms with Gasteiger partial charge in [0.15, 0.2) is 0 Å². The number of benzene rings is 1. The molecule has 0 saturated heterocycles. The monoisotopic (exact) mass is 273 g/mol. The van der Waals surface area contributed by atoms with E-state index in [9.17, 15) is 9.18 Å². The fraction of sp³-hybridized carbons (Fsp3) is 0.462. The summed E-state index contributed by atoms with van der Waals surface area (Å²) in [4.78, 5) is 11.9. The molecule has 0 spiro atoms. The lowest BCUT2D eigenvalue weighted by Gasteiger charge is -2.12. The van der Waals surface area contributed by atoms with Gasteiger partial charge in [0.2, 0.25) is 0 Å². The molecule has 0 aliphatic rings. The van der Waals surface area contributed by atoms with E-state index in [4.69, 9.17) is 16.7 Å². The first-order valence-electron chi connectivity index (χ1n) is 5.80. The van der Waals surface area contributed by atoms with Crippen LogP contribution >= 0.6 is 11.6 Å². The van der Waals surface area contributed by atoms with Gasteiger partial charge in [-0.25, -0.2) is 4.39 Å². The summed E-state index contributed by atoms with van der Waals surface area (Å²) in [6.45, 7) is 4.05. The van der Waals surface area contributed by atoms with Crippen molar-refractivity contribution in [3.05, 3.63) is 34.1 Å². The van der Waals surface area contributed by atoms with E-state index in [1.54, 1.807) is 6.92 Å². The molecule has 0 aliphatic heterocycles. The largest absolute Gasteiger partial charge is 0.396 e. The maximum absolute atomic E-state index is 13.2. The fourth-order valence-corrected chi connectivity index (χ4v) is 1.75. The van der Waals surface area contributed by atoms with E-state index in [-0.39, 0.29) is 29.0 Å². The molecule has 100 valence electrons. The van der Waals surface area contributed by atoms with Crippen LogP contribution in [-0.2, 0) is 0 Å². The highest BCUT2D eigenvalue weighted by atomic mass is 35.5. The van der Waals surface area contributed by atoms with Crippen molar-refractivity contribution in [1.82, 2.24) is 5.32 Å². The Bertz CT molecular complexity index is 437. The molecule has 1 rings (SSSR count). The lowest BCUT2D eigenvalue weighted by molar-refractivity contribution is 0.0945. The first-order chi connectivity index (χ1) is 8.45. The molecule has 0 saturated carbocycles. The summed E-state index contributed by atoms with van der Waals surface area (Å²) >= 11 is 5.83. The van der Waals surface area contributed by atoms with Crippen molar-refractivity contribution in [2.75, 3.05) is 13.2 Å². The van der Waals surface area contributed by atoms with E-state index in [1.165, 1.54) is 6.07 Å². The normalized spacial score (nSPS) is 12.3. The average molecular weight is 274 g/mol. The lowest BCUT2D eigenvalue weighted by Crippen LogP contribution is -2.29. The summed E-state index contributed by atoms with van der Waals surface area (Å²) < 4.78 is 13.2. The van der Waals surface area contributed by atoms with Crippen molar-refractivity contribution in [2.45, 2.75) is 20.3 Å². The molecule has 18 heavy (non-hydrogen) atoms. The van der Waals surface area contributed by atoms with Crippen LogP contribution in [0, 0.1) is 18.7 Å². The maximum Gasteiger partial charge on any atom is 0.252 e. The molecular weight excluding hydrogens is 257 g/mol. The molecule has 5 heteroatoms. The van der Waals surface area contributed by atoms with Gasteiger partial charge in [0.25, 0.3) is 5.91 Å². The van der Waals surface area contributed by atoms with Crippen molar-refractivity contribution in [3.8, 4) is 0 Å². The zero-order chi connectivity index (χ0) is 13.7. The van der Waals surface area contributed by atoms with E-state index in [0.29, 0.717) is 18.5 Å². The second-order valence-electron chi connectivity index (χ2n) is 4.41. The second kappa shape index (κ2) is 6.71. The van der Waals surface area contributed by atoms with Gasteiger partial charge in [-0.15, -0.1) is 0 Å². The van der Waals surface area contributed by atoms with Crippen molar-refractivity contribution in [1.29, 1.82) is 0 Å². The van der Waals surface area contributed by atoms with Gasteiger partial charge in [0.05, 0.1) is 10.6 Å². The number of rotatable bonds is 5. The quantitative estimate of drug-likeness (QED) is 0.866. The minimum atomic E-state index is -0.426. The van der Waals surface area contributed by atoms with Gasteiger partial charge in [-0.1, -0.05) is 18.5 Å². The Morgan fingerprint density at radius 3 is 2.83 bits per heavy atom. The number of nitrogens with one attached hydrogen (secondary N) is 1. The first kappa shape index (κ1) is 14.9. The predicted octanol–water partition coefficient (Wildman–Crippen LogP) is 2.54. The Kier molecular flexibility index (Phi) is 5.56. The predicted molar refractivity (Wildman–Crippen MR) is 69.3 cm³/mol. The Labute approximate surface area is 111 Å². The number of carbonyl (C=O) groups is 1. The number of aliphatic hydroxyl groups is 1. The fourth-order valence-electron chi connectivity index (χ4n) is 1.52. The summed E-state index contributed by atoms with van der Waals surface area (Å²) in [6, 6.07) is 2.58. The number of aliphatic hydroxyl groups excluding tert-OH is 1. The van der Waals surface area contributed by atoms with Gasteiger partial charge < -0.3 is 10.4 Å². The van der Waals surface area contributed by atoms with Gasteiger partial charge in [-0.05, 0) is 37.0 Å². The number of hydrogen-bond acceptors (Lipinski definition) is 2. The molecule has 1 aromatic carbocycles. The SMILES string of the molecule is Cc1cc(C(=O)NCC(C)CCO)c(Cl)cc1F. The minimum Gasteiger partial charge on any atom is -0.396 e. The van der Waals surface area contributed by atoms with E-state index in [1.807, 2.05) is 6.92 Å². The number of hydrogen-bond donors (Lipinski definition) is 2. The Balaban J connectivity index is 2.70. The Morgan fingerprint density at radius 1 is 1.56 bits per heavy atom. The Hall–Kier alpha value is -1.13. The van der Waals surface area contributed by atoms with Gasteiger partial charge >= 0.3 is 0 Å². The molecule has 0 aromatic heterocycles. The van der Waals surface area contributed by atoms with Crippen LogP contribution in [0.3, 0.4) is 0 Å². The molecule has 0 aliphatic carbocycles. The molecule has 3 nitrogen and oxygen atoms in total. The highest BCUT2D eigenvalue weighted by molar-refractivity contribution is 6.33. The number of carbonyl (C=O) groups excluding carboxylic acids is 1. The molecule has 1 unspecified atom stereocenters. The van der Waals surface area contributed by atoms with Gasteiger partial charge in [0.1, 0.15) is 5.82 Å². The first-order valence-corrected chi connectivity index (χ1v) is 6.18. The number of halogens is 2. The minimum absolute atomic E-state index is 0.0907. The van der Waals surface area contributed by atoms with Crippen LogP contribution in [0.25, 0.3) is 0 Å². The summed E-state index contributed by atoms with van der Waals surface area (Å²) in [5, 5.41) is 11.6. The van der Waals surface area contributed by atoms with Crippen LogP contribution in [0.2, 0.25) is 5.02 Å². The van der Waals surface area contributed by atoms with E-state index in [0.717, 1.165) is 6.07 Å². The van der Waals surface area contributed by atoms with E-state index in [2.05, 4.69) is 5.32 Å². The number of aryl methyl sites for hydroxylation is 1. The molecule has 1 atom stereocenters. The smallest absolute Gasteiger partial charge is 0.252 e. The summed E-state index contributed by atoms with van der Waals surface area (Å²) in [5.41, 5.74) is 0.653. The van der Waals surface area contributed by atoms with Crippen LogP contribution < -0.4 is 5.32 Å². The standard InChI is InChI=1S/C13H17ClFNO2/c1-8(3-4-17)7-16-13(18)10-5-9(2)12(15)6-11(10)14/h5-6,8,17H,3-4,7H2,1-2H3,(H,16,18). The zero-order valence-corrected chi connectivity index (χ0v) is 11.2. The third kappa shape index (κ3) is 3.96. The molecule has 0 fully saturated rings.